The number of rotatable bonds is 1. The lowest BCUT2D eigenvalue weighted by Gasteiger charge is -2.01. The third-order valence-corrected chi connectivity index (χ3v) is 5.30. The molecule has 5 heteroatoms. The SMILES string of the molecule is O=c1oc(-c2ccc(O)cc2)nc2sc3c(c12)CCCCC3. The van der Waals surface area contributed by atoms with Gasteiger partial charge in [-0.05, 0) is 55.5 Å². The standard InChI is InChI=1S/C17H15NO3S/c19-11-8-6-10(7-9-11)15-18-16-14(17(20)21-15)12-4-2-1-3-5-13(12)22-16/h6-9,19H,1-5H2. The van der Waals surface area contributed by atoms with E-state index in [-0.39, 0.29) is 11.4 Å². The summed E-state index contributed by atoms with van der Waals surface area (Å²) >= 11 is 1.62. The van der Waals surface area contributed by atoms with Crippen LogP contribution in [-0.2, 0) is 12.8 Å². The number of thiophene rings is 1. The van der Waals surface area contributed by atoms with Crippen LogP contribution in [0.2, 0.25) is 0 Å². The Morgan fingerprint density at radius 2 is 1.86 bits per heavy atom. The van der Waals surface area contributed by atoms with Gasteiger partial charge in [-0.1, -0.05) is 6.42 Å². The highest BCUT2D eigenvalue weighted by molar-refractivity contribution is 7.18. The molecule has 0 spiro atoms. The number of fused-ring (bicyclic) bond motifs is 3. The molecule has 0 atom stereocenters. The summed E-state index contributed by atoms with van der Waals surface area (Å²) in [6.07, 6.45) is 5.49. The zero-order valence-corrected chi connectivity index (χ0v) is 12.8. The van der Waals surface area contributed by atoms with Crippen molar-refractivity contribution < 1.29 is 9.52 Å². The summed E-state index contributed by atoms with van der Waals surface area (Å²) in [5, 5.41) is 10.0. The van der Waals surface area contributed by atoms with E-state index in [1.807, 2.05) is 0 Å². The number of benzene rings is 1. The summed E-state index contributed by atoms with van der Waals surface area (Å²) in [5.74, 6) is 0.490. The molecule has 4 nitrogen and oxygen atoms in total. The van der Waals surface area contributed by atoms with Crippen LogP contribution in [0, 0.1) is 0 Å². The number of phenols is 1. The molecular weight excluding hydrogens is 298 g/mol. The molecule has 1 aromatic carbocycles. The summed E-state index contributed by atoms with van der Waals surface area (Å²) in [6.45, 7) is 0. The molecule has 3 aromatic rings. The van der Waals surface area contributed by atoms with E-state index >= 15 is 0 Å². The molecule has 1 aliphatic rings. The first-order valence-corrected chi connectivity index (χ1v) is 8.29. The van der Waals surface area contributed by atoms with Crippen LogP contribution in [0.15, 0.2) is 33.5 Å². The van der Waals surface area contributed by atoms with Gasteiger partial charge in [0.25, 0.3) is 0 Å². The Morgan fingerprint density at radius 3 is 2.68 bits per heavy atom. The van der Waals surface area contributed by atoms with Crippen molar-refractivity contribution in [2.75, 3.05) is 0 Å². The van der Waals surface area contributed by atoms with Crippen LogP contribution in [0.3, 0.4) is 0 Å². The van der Waals surface area contributed by atoms with Crippen LogP contribution in [0.4, 0.5) is 0 Å². The summed E-state index contributed by atoms with van der Waals surface area (Å²) < 4.78 is 5.44. The lowest BCUT2D eigenvalue weighted by Crippen LogP contribution is -2.03. The molecule has 0 fully saturated rings. The first-order chi connectivity index (χ1) is 10.7. The number of aromatic nitrogens is 1. The monoisotopic (exact) mass is 313 g/mol. The Morgan fingerprint density at radius 1 is 1.09 bits per heavy atom. The normalized spacial score (nSPS) is 14.7. The fourth-order valence-corrected chi connectivity index (χ4v) is 4.24. The van der Waals surface area contributed by atoms with E-state index in [4.69, 9.17) is 4.42 Å². The minimum Gasteiger partial charge on any atom is -0.508 e. The third-order valence-electron chi connectivity index (χ3n) is 4.11. The van der Waals surface area contributed by atoms with E-state index in [1.165, 1.54) is 17.7 Å². The maximum Gasteiger partial charge on any atom is 0.348 e. The van der Waals surface area contributed by atoms with Crippen molar-refractivity contribution in [3.05, 3.63) is 45.1 Å². The van der Waals surface area contributed by atoms with Gasteiger partial charge in [-0.2, -0.15) is 0 Å². The van der Waals surface area contributed by atoms with Gasteiger partial charge >= 0.3 is 5.63 Å². The van der Waals surface area contributed by atoms with E-state index in [9.17, 15) is 9.90 Å². The van der Waals surface area contributed by atoms with Gasteiger partial charge in [-0.25, -0.2) is 9.78 Å². The average Bonchev–Trinajstić information content (AvgIpc) is 2.70. The first kappa shape index (κ1) is 13.5. The summed E-state index contributed by atoms with van der Waals surface area (Å²) in [7, 11) is 0. The summed E-state index contributed by atoms with van der Waals surface area (Å²) in [5.41, 5.74) is 1.55. The number of hydrogen-bond donors (Lipinski definition) is 1. The van der Waals surface area contributed by atoms with Gasteiger partial charge in [0.2, 0.25) is 5.89 Å². The Labute approximate surface area is 131 Å². The van der Waals surface area contributed by atoms with E-state index in [1.54, 1.807) is 35.6 Å². The minimum absolute atomic E-state index is 0.176. The van der Waals surface area contributed by atoms with Crippen LogP contribution in [0.5, 0.6) is 5.75 Å². The van der Waals surface area contributed by atoms with Crippen molar-refractivity contribution in [2.24, 2.45) is 0 Å². The second-order valence-corrected chi connectivity index (χ2v) is 6.68. The predicted molar refractivity (Wildman–Crippen MR) is 86.5 cm³/mol. The van der Waals surface area contributed by atoms with Crippen LogP contribution in [0.1, 0.15) is 29.7 Å². The molecule has 2 heterocycles. The molecule has 1 N–H and O–H groups in total. The fourth-order valence-electron chi connectivity index (χ4n) is 3.00. The maximum absolute atomic E-state index is 12.4. The van der Waals surface area contributed by atoms with E-state index in [0.29, 0.717) is 16.8 Å². The molecule has 0 aliphatic heterocycles. The second kappa shape index (κ2) is 5.25. The van der Waals surface area contributed by atoms with Gasteiger partial charge in [0.15, 0.2) is 0 Å². The van der Waals surface area contributed by atoms with Gasteiger partial charge in [-0.3, -0.25) is 0 Å². The van der Waals surface area contributed by atoms with Gasteiger partial charge in [0.1, 0.15) is 16.0 Å². The minimum atomic E-state index is -0.299. The molecule has 0 saturated heterocycles. The number of aryl methyl sites for hydroxylation is 2. The number of hydrogen-bond acceptors (Lipinski definition) is 5. The van der Waals surface area contributed by atoms with Gasteiger partial charge in [-0.15, -0.1) is 11.3 Å². The Bertz CT molecular complexity index is 893. The highest BCUT2D eigenvalue weighted by Crippen LogP contribution is 2.34. The van der Waals surface area contributed by atoms with Gasteiger partial charge in [0, 0.05) is 10.4 Å². The smallest absolute Gasteiger partial charge is 0.348 e. The van der Waals surface area contributed by atoms with E-state index in [0.717, 1.165) is 29.7 Å². The van der Waals surface area contributed by atoms with Crippen LogP contribution >= 0.6 is 11.3 Å². The quantitative estimate of drug-likeness (QED) is 0.692. The number of aromatic hydroxyl groups is 1. The van der Waals surface area contributed by atoms with Crippen molar-refractivity contribution in [3.63, 3.8) is 0 Å². The van der Waals surface area contributed by atoms with Crippen molar-refractivity contribution in [1.82, 2.24) is 4.98 Å². The summed E-state index contributed by atoms with van der Waals surface area (Å²) in [6, 6.07) is 6.52. The molecule has 1 aliphatic carbocycles. The maximum atomic E-state index is 12.4. The number of nitrogens with zero attached hydrogens (tertiary/aromatic N) is 1. The van der Waals surface area contributed by atoms with Gasteiger partial charge < -0.3 is 9.52 Å². The molecule has 0 radical (unpaired) electrons. The Kier molecular flexibility index (Phi) is 3.22. The molecule has 0 amide bonds. The van der Waals surface area contributed by atoms with E-state index in [2.05, 4.69) is 4.98 Å². The van der Waals surface area contributed by atoms with Crippen LogP contribution in [-0.4, -0.2) is 10.1 Å². The van der Waals surface area contributed by atoms with Gasteiger partial charge in [0.05, 0.1) is 0 Å². The largest absolute Gasteiger partial charge is 0.508 e. The highest BCUT2D eigenvalue weighted by atomic mass is 32.1. The van der Waals surface area contributed by atoms with Crippen molar-refractivity contribution in [3.8, 4) is 17.2 Å². The molecule has 112 valence electrons. The third kappa shape index (κ3) is 2.22. The lowest BCUT2D eigenvalue weighted by atomic mass is 10.1. The fraction of sp³-hybridized carbons (Fsp3) is 0.294. The van der Waals surface area contributed by atoms with E-state index < -0.39 is 0 Å². The molecule has 0 saturated carbocycles. The molecular formula is C17H15NO3S. The predicted octanol–water partition coefficient (Wildman–Crippen LogP) is 3.89. The summed E-state index contributed by atoms with van der Waals surface area (Å²) in [4.78, 5) is 19.0. The van der Waals surface area contributed by atoms with Crippen molar-refractivity contribution in [1.29, 1.82) is 0 Å². The number of phenolic OH excluding ortho intramolecular Hbond substituents is 1. The van der Waals surface area contributed by atoms with Crippen LogP contribution < -0.4 is 5.63 Å². The molecule has 0 unspecified atom stereocenters. The molecule has 0 bridgehead atoms. The lowest BCUT2D eigenvalue weighted by molar-refractivity contribution is 0.475. The molecule has 2 aromatic heterocycles. The Balaban J connectivity index is 1.90. The zero-order valence-electron chi connectivity index (χ0n) is 12.0. The molecule has 22 heavy (non-hydrogen) atoms. The van der Waals surface area contributed by atoms with Crippen LogP contribution in [0.25, 0.3) is 21.7 Å². The second-order valence-electron chi connectivity index (χ2n) is 5.60. The zero-order chi connectivity index (χ0) is 15.1. The Hall–Kier alpha value is -2.14. The molecule has 4 rings (SSSR count). The topological polar surface area (TPSA) is 63.3 Å². The highest BCUT2D eigenvalue weighted by Gasteiger charge is 2.20. The van der Waals surface area contributed by atoms with Crippen molar-refractivity contribution >= 4 is 21.6 Å². The first-order valence-electron chi connectivity index (χ1n) is 7.47. The average molecular weight is 313 g/mol. The van der Waals surface area contributed by atoms with Crippen molar-refractivity contribution in [2.45, 2.75) is 32.1 Å².